The molecule has 0 bridgehead atoms. The van der Waals surface area contributed by atoms with Crippen LogP contribution in [0, 0.1) is 0 Å². The van der Waals surface area contributed by atoms with E-state index in [-0.39, 0.29) is 55.5 Å². The fourth-order valence-corrected chi connectivity index (χ4v) is 4.74. The van der Waals surface area contributed by atoms with Crippen LogP contribution in [0.5, 0.6) is 0 Å². The van der Waals surface area contributed by atoms with Crippen molar-refractivity contribution in [2.45, 2.75) is 82.0 Å². The zero-order valence-electron chi connectivity index (χ0n) is 19.7. The van der Waals surface area contributed by atoms with Gasteiger partial charge in [0, 0.05) is 38.6 Å². The SMILES string of the molecule is CC(C)(C)S(=O)(=O)CCNC(=O)NCC1OC1N1CCC[C@H]1C(=O)NCCC(=O)NC1CC1. The van der Waals surface area contributed by atoms with Crippen LogP contribution in [0.2, 0.25) is 0 Å². The summed E-state index contributed by atoms with van der Waals surface area (Å²) in [4.78, 5) is 38.3. The van der Waals surface area contributed by atoms with E-state index in [0.717, 1.165) is 32.2 Å². The molecule has 1 saturated carbocycles. The van der Waals surface area contributed by atoms with Gasteiger partial charge in [-0.15, -0.1) is 0 Å². The number of epoxide rings is 1. The second kappa shape index (κ2) is 10.6. The van der Waals surface area contributed by atoms with Gasteiger partial charge in [0.15, 0.2) is 9.84 Å². The number of sulfone groups is 1. The van der Waals surface area contributed by atoms with Crippen molar-refractivity contribution in [3.63, 3.8) is 0 Å². The van der Waals surface area contributed by atoms with E-state index in [9.17, 15) is 22.8 Å². The molecule has 3 rings (SSSR count). The smallest absolute Gasteiger partial charge is 0.314 e. The van der Waals surface area contributed by atoms with Gasteiger partial charge in [-0.05, 0) is 46.5 Å². The van der Waals surface area contributed by atoms with E-state index >= 15 is 0 Å². The van der Waals surface area contributed by atoms with Gasteiger partial charge in [-0.2, -0.15) is 0 Å². The maximum Gasteiger partial charge on any atom is 0.314 e. The highest BCUT2D eigenvalue weighted by atomic mass is 32.2. The molecule has 0 aromatic carbocycles. The molecule has 33 heavy (non-hydrogen) atoms. The van der Waals surface area contributed by atoms with Crippen LogP contribution in [0.4, 0.5) is 4.79 Å². The fraction of sp³-hybridized carbons (Fsp3) is 0.857. The standard InChI is InChI=1S/C21H37N5O6S/c1-21(2,3)33(30,31)12-10-23-20(29)24-13-16-19(32-16)26-11-4-5-15(26)18(28)22-9-8-17(27)25-14-6-7-14/h14-16,19H,4-13H2,1-3H3,(H,22,28)(H,25,27)(H2,23,24,29)/t15-,16?,19?/m0/s1. The quantitative estimate of drug-likeness (QED) is 0.286. The first kappa shape index (κ1) is 25.7. The lowest BCUT2D eigenvalue weighted by Crippen LogP contribution is -2.46. The second-order valence-corrected chi connectivity index (χ2v) is 12.8. The molecule has 3 fully saturated rings. The largest absolute Gasteiger partial charge is 0.354 e. The van der Waals surface area contributed by atoms with E-state index in [1.807, 2.05) is 4.90 Å². The number of amides is 4. The zero-order chi connectivity index (χ0) is 24.2. The Morgan fingerprint density at radius 2 is 1.76 bits per heavy atom. The molecule has 2 aliphatic heterocycles. The van der Waals surface area contributed by atoms with Crippen molar-refractivity contribution in [3.8, 4) is 0 Å². The highest BCUT2D eigenvalue weighted by Crippen LogP contribution is 2.32. The van der Waals surface area contributed by atoms with E-state index in [2.05, 4.69) is 21.3 Å². The highest BCUT2D eigenvalue weighted by molar-refractivity contribution is 7.92. The molecule has 0 aromatic rings. The van der Waals surface area contributed by atoms with Gasteiger partial charge in [0.1, 0.15) is 12.3 Å². The van der Waals surface area contributed by atoms with Crippen LogP contribution in [-0.2, 0) is 24.2 Å². The molecular weight excluding hydrogens is 450 g/mol. The van der Waals surface area contributed by atoms with Crippen molar-refractivity contribution in [1.29, 1.82) is 0 Å². The summed E-state index contributed by atoms with van der Waals surface area (Å²) >= 11 is 0. The molecule has 2 unspecified atom stereocenters. The van der Waals surface area contributed by atoms with Crippen LogP contribution >= 0.6 is 0 Å². The van der Waals surface area contributed by atoms with Crippen molar-refractivity contribution in [1.82, 2.24) is 26.2 Å². The number of carbonyl (C=O) groups is 3. The number of hydrogen-bond donors (Lipinski definition) is 4. The molecule has 12 heteroatoms. The summed E-state index contributed by atoms with van der Waals surface area (Å²) in [6.07, 6.45) is 3.50. The third-order valence-electron chi connectivity index (χ3n) is 6.13. The maximum absolute atomic E-state index is 12.6. The topological polar surface area (TPSA) is 149 Å². The Morgan fingerprint density at radius 3 is 2.42 bits per heavy atom. The Morgan fingerprint density at radius 1 is 1.03 bits per heavy atom. The Bertz CT molecular complexity index is 839. The Hall–Kier alpha value is -1.92. The summed E-state index contributed by atoms with van der Waals surface area (Å²) in [5.74, 6) is -0.266. The molecule has 188 valence electrons. The van der Waals surface area contributed by atoms with Crippen molar-refractivity contribution >= 4 is 27.7 Å². The molecule has 1 aliphatic carbocycles. The third kappa shape index (κ3) is 7.54. The van der Waals surface area contributed by atoms with E-state index in [1.165, 1.54) is 0 Å². The summed E-state index contributed by atoms with van der Waals surface area (Å²) in [7, 11) is -3.29. The maximum atomic E-state index is 12.6. The molecule has 2 saturated heterocycles. The molecule has 3 aliphatic rings. The summed E-state index contributed by atoms with van der Waals surface area (Å²) < 4.78 is 29.0. The molecule has 11 nitrogen and oxygen atoms in total. The van der Waals surface area contributed by atoms with Gasteiger partial charge >= 0.3 is 6.03 Å². The molecule has 0 aromatic heterocycles. The lowest BCUT2D eigenvalue weighted by atomic mass is 10.2. The van der Waals surface area contributed by atoms with E-state index in [4.69, 9.17) is 4.74 Å². The van der Waals surface area contributed by atoms with Gasteiger partial charge in [0.2, 0.25) is 11.8 Å². The Kier molecular flexibility index (Phi) is 8.22. The van der Waals surface area contributed by atoms with Crippen LogP contribution in [0.15, 0.2) is 0 Å². The van der Waals surface area contributed by atoms with Gasteiger partial charge < -0.3 is 26.0 Å². The molecule has 4 N–H and O–H groups in total. The monoisotopic (exact) mass is 487 g/mol. The van der Waals surface area contributed by atoms with Gasteiger partial charge in [-0.25, -0.2) is 13.2 Å². The predicted octanol–water partition coefficient (Wildman–Crippen LogP) is -0.527. The van der Waals surface area contributed by atoms with Gasteiger partial charge in [-0.3, -0.25) is 14.5 Å². The van der Waals surface area contributed by atoms with Crippen LogP contribution in [-0.4, -0.2) is 92.3 Å². The molecular formula is C21H37N5O6S. The van der Waals surface area contributed by atoms with Gasteiger partial charge in [0.05, 0.1) is 16.5 Å². The Labute approximate surface area is 195 Å². The molecule has 0 radical (unpaired) electrons. The number of nitrogens with one attached hydrogen (secondary N) is 4. The number of urea groups is 1. The minimum atomic E-state index is -3.29. The number of carbonyl (C=O) groups excluding carboxylic acids is 3. The summed E-state index contributed by atoms with van der Waals surface area (Å²) in [6, 6.07) is -0.439. The van der Waals surface area contributed by atoms with Crippen LogP contribution < -0.4 is 21.3 Å². The number of ether oxygens (including phenoxy) is 1. The normalized spacial score (nSPS) is 25.4. The van der Waals surface area contributed by atoms with Crippen molar-refractivity contribution < 1.29 is 27.5 Å². The molecule has 2 heterocycles. The van der Waals surface area contributed by atoms with E-state index in [0.29, 0.717) is 12.6 Å². The number of hydrogen-bond acceptors (Lipinski definition) is 7. The number of rotatable bonds is 11. The molecule has 0 spiro atoms. The van der Waals surface area contributed by atoms with Crippen LogP contribution in [0.3, 0.4) is 0 Å². The first-order valence-electron chi connectivity index (χ1n) is 11.7. The Balaban J connectivity index is 1.32. The van der Waals surface area contributed by atoms with Gasteiger partial charge in [0.25, 0.3) is 0 Å². The molecule has 3 atom stereocenters. The lowest BCUT2D eigenvalue weighted by Gasteiger charge is -2.22. The highest BCUT2D eigenvalue weighted by Gasteiger charge is 2.49. The van der Waals surface area contributed by atoms with E-state index < -0.39 is 20.6 Å². The van der Waals surface area contributed by atoms with E-state index in [1.54, 1.807) is 20.8 Å². The average molecular weight is 488 g/mol. The van der Waals surface area contributed by atoms with Crippen LogP contribution in [0.25, 0.3) is 0 Å². The fourth-order valence-electron chi connectivity index (χ4n) is 3.76. The van der Waals surface area contributed by atoms with Crippen LogP contribution in [0.1, 0.15) is 52.9 Å². The van der Waals surface area contributed by atoms with Gasteiger partial charge in [-0.1, -0.05) is 0 Å². The zero-order valence-corrected chi connectivity index (χ0v) is 20.5. The second-order valence-electron chi connectivity index (χ2n) is 9.91. The third-order valence-corrected chi connectivity index (χ3v) is 8.73. The van der Waals surface area contributed by atoms with Crippen molar-refractivity contribution in [3.05, 3.63) is 0 Å². The summed E-state index contributed by atoms with van der Waals surface area (Å²) in [6.45, 7) is 6.24. The first-order chi connectivity index (χ1) is 15.5. The number of likely N-dealkylation sites (tertiary alicyclic amines) is 1. The summed E-state index contributed by atoms with van der Waals surface area (Å²) in [5.41, 5.74) is 0. The minimum absolute atomic E-state index is 0.0352. The molecule has 4 amide bonds. The minimum Gasteiger partial charge on any atom is -0.354 e. The van der Waals surface area contributed by atoms with Crippen molar-refractivity contribution in [2.75, 3.05) is 31.9 Å². The first-order valence-corrected chi connectivity index (χ1v) is 13.4. The van der Waals surface area contributed by atoms with Crippen molar-refractivity contribution in [2.24, 2.45) is 0 Å². The predicted molar refractivity (Wildman–Crippen MR) is 122 cm³/mol. The number of nitrogens with zero attached hydrogens (tertiary/aromatic N) is 1. The lowest BCUT2D eigenvalue weighted by molar-refractivity contribution is -0.126. The summed E-state index contributed by atoms with van der Waals surface area (Å²) in [5, 5.41) is 11.0. The average Bonchev–Trinajstić information content (AvgIpc) is 3.64.